The molecule has 0 saturated heterocycles. The first kappa shape index (κ1) is 14.3. The van der Waals surface area contributed by atoms with E-state index < -0.39 is 0 Å². The van der Waals surface area contributed by atoms with Crippen molar-refractivity contribution in [2.75, 3.05) is 5.32 Å². The second-order valence-corrected chi connectivity index (χ2v) is 6.25. The molecule has 1 aliphatic rings. The van der Waals surface area contributed by atoms with Crippen LogP contribution in [0.3, 0.4) is 0 Å². The lowest BCUT2D eigenvalue weighted by Crippen LogP contribution is -2.25. The summed E-state index contributed by atoms with van der Waals surface area (Å²) < 4.78 is 7.17. The minimum absolute atomic E-state index is 0.0920. The van der Waals surface area contributed by atoms with Crippen molar-refractivity contribution >= 4 is 21.6 Å². The van der Waals surface area contributed by atoms with Gasteiger partial charge in [-0.15, -0.1) is 0 Å². The average Bonchev–Trinajstić information content (AvgIpc) is 3.22. The second kappa shape index (κ2) is 5.63. The molecule has 3 rings (SSSR count). The van der Waals surface area contributed by atoms with E-state index in [0.29, 0.717) is 29.2 Å². The lowest BCUT2D eigenvalue weighted by molar-refractivity contribution is 0.392. The molecular weight excluding hydrogens is 336 g/mol. The predicted molar refractivity (Wildman–Crippen MR) is 82.2 cm³/mol. The molecule has 0 atom stereocenters. The Labute approximate surface area is 130 Å². The van der Waals surface area contributed by atoms with Crippen molar-refractivity contribution in [1.82, 2.24) is 14.9 Å². The Hall–Kier alpha value is -1.63. The Balaban J connectivity index is 1.76. The summed E-state index contributed by atoms with van der Waals surface area (Å²) in [5, 5.41) is 11.4. The molecule has 2 aromatic heterocycles. The summed E-state index contributed by atoms with van der Waals surface area (Å²) in [5.41, 5.74) is 2.45. The Kier molecular flexibility index (Phi) is 3.84. The molecule has 2 heterocycles. The first-order valence-electron chi connectivity index (χ1n) is 6.97. The number of hydrogen-bond acceptors (Lipinski definition) is 5. The minimum atomic E-state index is -0.0920. The van der Waals surface area contributed by atoms with Crippen molar-refractivity contribution < 1.29 is 4.52 Å². The molecule has 0 amide bonds. The molecule has 0 bridgehead atoms. The first-order valence-corrected chi connectivity index (χ1v) is 7.76. The Morgan fingerprint density at radius 3 is 2.86 bits per heavy atom. The van der Waals surface area contributed by atoms with Crippen LogP contribution in [0.1, 0.15) is 29.9 Å². The zero-order chi connectivity index (χ0) is 15.0. The van der Waals surface area contributed by atoms with Crippen LogP contribution in [0.4, 0.5) is 5.69 Å². The summed E-state index contributed by atoms with van der Waals surface area (Å²) in [6.07, 6.45) is 4.07. The highest BCUT2D eigenvalue weighted by Crippen LogP contribution is 2.30. The van der Waals surface area contributed by atoms with Crippen LogP contribution < -0.4 is 10.9 Å². The fourth-order valence-electron chi connectivity index (χ4n) is 2.20. The molecule has 0 aromatic carbocycles. The third kappa shape index (κ3) is 3.02. The van der Waals surface area contributed by atoms with Crippen molar-refractivity contribution in [3.63, 3.8) is 0 Å². The van der Waals surface area contributed by atoms with Crippen molar-refractivity contribution in [2.45, 2.75) is 39.8 Å². The highest BCUT2D eigenvalue weighted by atomic mass is 79.9. The van der Waals surface area contributed by atoms with E-state index >= 15 is 0 Å². The van der Waals surface area contributed by atoms with Gasteiger partial charge in [-0.25, -0.2) is 4.68 Å². The van der Waals surface area contributed by atoms with E-state index in [1.165, 1.54) is 17.5 Å². The largest absolute Gasteiger partial charge is 0.378 e. The SMILES string of the molecule is Cc1noc(C)c1CNc1cnn(CC2CC2)c(=O)c1Br. The van der Waals surface area contributed by atoms with Crippen LogP contribution in [-0.4, -0.2) is 14.9 Å². The van der Waals surface area contributed by atoms with E-state index in [0.717, 1.165) is 17.0 Å². The van der Waals surface area contributed by atoms with Crippen molar-refractivity contribution in [2.24, 2.45) is 5.92 Å². The molecule has 0 radical (unpaired) electrons. The molecular formula is C14H17BrN4O2. The topological polar surface area (TPSA) is 73.0 Å². The summed E-state index contributed by atoms with van der Waals surface area (Å²) in [6, 6.07) is 0. The van der Waals surface area contributed by atoms with Crippen LogP contribution in [0.5, 0.6) is 0 Å². The molecule has 112 valence electrons. The summed E-state index contributed by atoms with van der Waals surface area (Å²) in [4.78, 5) is 12.2. The van der Waals surface area contributed by atoms with Crippen molar-refractivity contribution in [1.29, 1.82) is 0 Å². The van der Waals surface area contributed by atoms with Gasteiger partial charge in [0.15, 0.2) is 0 Å². The smallest absolute Gasteiger partial charge is 0.283 e. The van der Waals surface area contributed by atoms with E-state index in [2.05, 4.69) is 31.5 Å². The van der Waals surface area contributed by atoms with Crippen LogP contribution in [0.25, 0.3) is 0 Å². The van der Waals surface area contributed by atoms with Gasteiger partial charge in [0.25, 0.3) is 5.56 Å². The third-order valence-corrected chi connectivity index (χ3v) is 4.52. The molecule has 1 fully saturated rings. The van der Waals surface area contributed by atoms with Gasteiger partial charge >= 0.3 is 0 Å². The van der Waals surface area contributed by atoms with Gasteiger partial charge in [0.05, 0.1) is 17.6 Å². The number of nitrogens with zero attached hydrogens (tertiary/aromatic N) is 3. The molecule has 7 heteroatoms. The highest BCUT2D eigenvalue weighted by Gasteiger charge is 2.23. The highest BCUT2D eigenvalue weighted by molar-refractivity contribution is 9.10. The lowest BCUT2D eigenvalue weighted by Gasteiger charge is -2.10. The molecule has 0 spiro atoms. The van der Waals surface area contributed by atoms with Gasteiger partial charge in [-0.3, -0.25) is 4.79 Å². The van der Waals surface area contributed by atoms with E-state index in [1.807, 2.05) is 13.8 Å². The zero-order valence-corrected chi connectivity index (χ0v) is 13.6. The number of aryl methyl sites for hydroxylation is 2. The molecule has 21 heavy (non-hydrogen) atoms. The zero-order valence-electron chi connectivity index (χ0n) is 12.0. The maximum Gasteiger partial charge on any atom is 0.283 e. The fourth-order valence-corrected chi connectivity index (χ4v) is 2.65. The van der Waals surface area contributed by atoms with Crippen LogP contribution in [0, 0.1) is 19.8 Å². The average molecular weight is 353 g/mol. The maximum atomic E-state index is 12.2. The molecule has 6 nitrogen and oxygen atoms in total. The summed E-state index contributed by atoms with van der Waals surface area (Å²) in [5.74, 6) is 1.40. The van der Waals surface area contributed by atoms with E-state index in [4.69, 9.17) is 4.52 Å². The predicted octanol–water partition coefficient (Wildman–Crippen LogP) is 2.63. The van der Waals surface area contributed by atoms with E-state index in [1.54, 1.807) is 6.20 Å². The Morgan fingerprint density at radius 1 is 1.48 bits per heavy atom. The molecule has 2 aromatic rings. The van der Waals surface area contributed by atoms with Crippen molar-refractivity contribution in [3.05, 3.63) is 38.0 Å². The fraction of sp³-hybridized carbons (Fsp3) is 0.500. The number of rotatable bonds is 5. The molecule has 1 saturated carbocycles. The number of nitrogens with one attached hydrogen (secondary N) is 1. The normalized spacial score (nSPS) is 14.4. The number of aromatic nitrogens is 3. The number of halogens is 1. The van der Waals surface area contributed by atoms with Crippen LogP contribution in [0.15, 0.2) is 20.0 Å². The second-order valence-electron chi connectivity index (χ2n) is 5.46. The quantitative estimate of drug-likeness (QED) is 0.895. The first-order chi connectivity index (χ1) is 10.1. The summed E-state index contributed by atoms with van der Waals surface area (Å²) >= 11 is 3.37. The van der Waals surface area contributed by atoms with Gasteiger partial charge in [-0.1, -0.05) is 5.16 Å². The Morgan fingerprint density at radius 2 is 2.24 bits per heavy atom. The number of hydrogen-bond donors (Lipinski definition) is 1. The molecule has 0 unspecified atom stereocenters. The van der Waals surface area contributed by atoms with Gasteiger partial charge in [-0.2, -0.15) is 5.10 Å². The molecule has 0 aliphatic heterocycles. The third-order valence-electron chi connectivity index (χ3n) is 3.75. The van der Waals surface area contributed by atoms with Gasteiger partial charge in [-0.05, 0) is 48.5 Å². The van der Waals surface area contributed by atoms with Crippen LogP contribution >= 0.6 is 15.9 Å². The van der Waals surface area contributed by atoms with Gasteiger partial charge in [0, 0.05) is 18.7 Å². The summed E-state index contributed by atoms with van der Waals surface area (Å²) in [7, 11) is 0. The monoisotopic (exact) mass is 352 g/mol. The van der Waals surface area contributed by atoms with Gasteiger partial charge in [0.2, 0.25) is 0 Å². The van der Waals surface area contributed by atoms with Crippen LogP contribution in [0.2, 0.25) is 0 Å². The van der Waals surface area contributed by atoms with Crippen molar-refractivity contribution in [3.8, 4) is 0 Å². The standard InChI is InChI=1S/C14H17BrN4O2/c1-8-11(9(2)21-18-8)5-16-12-6-17-19(7-10-3-4-10)14(20)13(12)15/h6,10,16H,3-5,7H2,1-2H3. The Bertz CT molecular complexity index is 699. The maximum absolute atomic E-state index is 12.2. The molecule has 1 N–H and O–H groups in total. The summed E-state index contributed by atoms with van der Waals surface area (Å²) in [6.45, 7) is 5.03. The lowest BCUT2D eigenvalue weighted by atomic mass is 10.2. The van der Waals surface area contributed by atoms with Crippen LogP contribution in [-0.2, 0) is 13.1 Å². The molecule has 1 aliphatic carbocycles. The van der Waals surface area contributed by atoms with E-state index in [-0.39, 0.29) is 5.56 Å². The minimum Gasteiger partial charge on any atom is -0.378 e. The van der Waals surface area contributed by atoms with Gasteiger partial charge in [0.1, 0.15) is 10.2 Å². The number of anilines is 1. The van der Waals surface area contributed by atoms with E-state index in [9.17, 15) is 4.79 Å². The van der Waals surface area contributed by atoms with Gasteiger partial charge < -0.3 is 9.84 Å².